The van der Waals surface area contributed by atoms with Gasteiger partial charge in [0.15, 0.2) is 0 Å². The van der Waals surface area contributed by atoms with E-state index in [1.165, 1.54) is 5.17 Å². The van der Waals surface area contributed by atoms with Gasteiger partial charge in [-0.15, -0.1) is 0 Å². The molecule has 1 heteroatoms. The molecule has 0 bridgehead atoms. The summed E-state index contributed by atoms with van der Waals surface area (Å²) in [5, 5.41) is 1.28. The lowest BCUT2D eigenvalue weighted by Crippen LogP contribution is -2.15. The number of allylic oxidation sites excluding steroid dienone is 4. The first-order valence-electron chi connectivity index (χ1n) is 4.13. The first-order chi connectivity index (χ1) is 6.20. The Morgan fingerprint density at radius 3 is 2.46 bits per heavy atom. The van der Waals surface area contributed by atoms with Gasteiger partial charge in [-0.05, 0) is 30.5 Å². The van der Waals surface area contributed by atoms with Crippen molar-refractivity contribution in [1.29, 1.82) is 0 Å². The maximum Gasteiger partial charge on any atom is 0.0408 e. The van der Waals surface area contributed by atoms with Gasteiger partial charge in [-0.25, -0.2) is 0 Å². The molecule has 1 rings (SSSR count). The highest BCUT2D eigenvalue weighted by Crippen LogP contribution is 2.15. The number of hydrogen-bond donors (Lipinski definition) is 0. The molecule has 0 N–H and O–H groups in total. The molecule has 0 aliphatic heterocycles. The highest BCUT2D eigenvalue weighted by Gasteiger charge is 2.11. The molecule has 0 fully saturated rings. The van der Waals surface area contributed by atoms with E-state index >= 15 is 0 Å². The van der Waals surface area contributed by atoms with Crippen LogP contribution in [-0.4, -0.2) is 13.6 Å². The SMILES string of the molecule is [C]#CC1=C(C#[C])C(=[Si](C)C)CC=C1. The Bertz CT molecular complexity index is 388. The van der Waals surface area contributed by atoms with E-state index < -0.39 is 8.41 Å². The van der Waals surface area contributed by atoms with E-state index in [-0.39, 0.29) is 0 Å². The smallest absolute Gasteiger partial charge is 0.0408 e. The molecule has 0 saturated carbocycles. The van der Waals surface area contributed by atoms with Crippen molar-refractivity contribution in [2.24, 2.45) is 0 Å². The zero-order valence-electron chi connectivity index (χ0n) is 7.86. The topological polar surface area (TPSA) is 0 Å². The molecule has 0 spiro atoms. The van der Waals surface area contributed by atoms with Crippen LogP contribution >= 0.6 is 0 Å². The summed E-state index contributed by atoms with van der Waals surface area (Å²) in [6, 6.07) is 0. The standard InChI is InChI=1S/C12H10Si/c1-5-10-8-7-9-12(13(3)4)11(10)6-2/h7-8H,9H2,3-4H3. The molecule has 0 aromatic carbocycles. The minimum Gasteiger partial charge on any atom is -0.0792 e. The van der Waals surface area contributed by atoms with E-state index in [0.29, 0.717) is 5.57 Å². The lowest BCUT2D eigenvalue weighted by Gasteiger charge is -2.12. The molecule has 13 heavy (non-hydrogen) atoms. The van der Waals surface area contributed by atoms with Crippen molar-refractivity contribution in [2.45, 2.75) is 19.5 Å². The van der Waals surface area contributed by atoms with E-state index in [4.69, 9.17) is 12.8 Å². The summed E-state index contributed by atoms with van der Waals surface area (Å²) in [5.41, 5.74) is 1.49. The summed E-state index contributed by atoms with van der Waals surface area (Å²) >= 11 is 0. The average Bonchev–Trinajstić information content (AvgIpc) is 2.16. The van der Waals surface area contributed by atoms with Gasteiger partial charge < -0.3 is 0 Å². The third kappa shape index (κ3) is 1.88. The second kappa shape index (κ2) is 4.08. The third-order valence-corrected chi connectivity index (χ3v) is 3.70. The van der Waals surface area contributed by atoms with Gasteiger partial charge in [0.05, 0.1) is 0 Å². The Morgan fingerprint density at radius 1 is 1.31 bits per heavy atom. The molecular weight excluding hydrogens is 172 g/mol. The van der Waals surface area contributed by atoms with Crippen molar-refractivity contribution in [3.63, 3.8) is 0 Å². The van der Waals surface area contributed by atoms with Crippen LogP contribution in [0.1, 0.15) is 6.42 Å². The van der Waals surface area contributed by atoms with E-state index in [2.05, 4.69) is 24.9 Å². The van der Waals surface area contributed by atoms with E-state index in [9.17, 15) is 0 Å². The average molecular weight is 182 g/mol. The molecular formula is C12H10Si. The fourth-order valence-electron chi connectivity index (χ4n) is 1.34. The third-order valence-electron chi connectivity index (χ3n) is 2.04. The van der Waals surface area contributed by atoms with Gasteiger partial charge in [-0.1, -0.05) is 31.0 Å². The summed E-state index contributed by atoms with van der Waals surface area (Å²) in [6.07, 6.45) is 19.1. The van der Waals surface area contributed by atoms with Crippen LogP contribution in [-0.2, 0) is 0 Å². The van der Waals surface area contributed by atoms with E-state index in [1.807, 2.05) is 12.2 Å². The molecule has 0 amide bonds. The fourth-order valence-corrected chi connectivity index (χ4v) is 2.57. The van der Waals surface area contributed by atoms with E-state index in [1.54, 1.807) is 0 Å². The van der Waals surface area contributed by atoms with Crippen LogP contribution < -0.4 is 0 Å². The van der Waals surface area contributed by atoms with Crippen LogP contribution in [0.4, 0.5) is 0 Å². The van der Waals surface area contributed by atoms with Crippen molar-refractivity contribution in [2.75, 3.05) is 0 Å². The van der Waals surface area contributed by atoms with Gasteiger partial charge in [0.2, 0.25) is 0 Å². The lowest BCUT2D eigenvalue weighted by molar-refractivity contribution is 1.44. The monoisotopic (exact) mass is 182 g/mol. The zero-order valence-corrected chi connectivity index (χ0v) is 8.86. The summed E-state index contributed by atoms with van der Waals surface area (Å²) in [4.78, 5) is 0. The summed E-state index contributed by atoms with van der Waals surface area (Å²) in [5.74, 6) is 4.77. The quantitative estimate of drug-likeness (QED) is 0.397. The second-order valence-electron chi connectivity index (χ2n) is 3.12. The van der Waals surface area contributed by atoms with Crippen molar-refractivity contribution in [3.05, 3.63) is 36.1 Å². The van der Waals surface area contributed by atoms with Crippen molar-refractivity contribution >= 4 is 13.6 Å². The van der Waals surface area contributed by atoms with Gasteiger partial charge in [0.25, 0.3) is 0 Å². The maximum atomic E-state index is 7.18. The molecule has 0 atom stereocenters. The highest BCUT2D eigenvalue weighted by molar-refractivity contribution is 6.72. The molecule has 0 unspecified atom stereocenters. The predicted octanol–water partition coefficient (Wildman–Crippen LogP) is 1.93. The van der Waals surface area contributed by atoms with Crippen LogP contribution in [0, 0.1) is 24.7 Å². The number of hydrogen-bond acceptors (Lipinski definition) is 0. The normalized spacial score (nSPS) is 15.2. The van der Waals surface area contributed by atoms with Crippen molar-refractivity contribution < 1.29 is 0 Å². The van der Waals surface area contributed by atoms with Crippen molar-refractivity contribution in [1.82, 2.24) is 0 Å². The Labute approximate surface area is 81.6 Å². The molecule has 2 radical (unpaired) electrons. The zero-order chi connectivity index (χ0) is 9.84. The molecule has 62 valence electrons. The molecule has 0 saturated heterocycles. The largest absolute Gasteiger partial charge is 0.0792 e. The maximum absolute atomic E-state index is 7.18. The van der Waals surface area contributed by atoms with Gasteiger partial charge in [-0.3, -0.25) is 0 Å². The molecule has 0 heterocycles. The fraction of sp³-hybridized carbons (Fsp3) is 0.250. The van der Waals surface area contributed by atoms with Crippen LogP contribution in [0.25, 0.3) is 0 Å². The Balaban J connectivity index is 3.34. The molecule has 0 aromatic heterocycles. The Kier molecular flexibility index (Phi) is 3.06. The summed E-state index contributed by atoms with van der Waals surface area (Å²) in [6.45, 7) is 4.39. The Hall–Kier alpha value is -1.31. The van der Waals surface area contributed by atoms with Crippen LogP contribution in [0.3, 0.4) is 0 Å². The van der Waals surface area contributed by atoms with E-state index in [0.717, 1.165) is 12.0 Å². The minimum absolute atomic E-state index is 0.536. The molecule has 0 aromatic rings. The van der Waals surface area contributed by atoms with Crippen LogP contribution in [0.5, 0.6) is 0 Å². The minimum atomic E-state index is -0.536. The van der Waals surface area contributed by atoms with Crippen molar-refractivity contribution in [3.8, 4) is 11.8 Å². The summed E-state index contributed by atoms with van der Waals surface area (Å²) in [7, 11) is -0.536. The highest BCUT2D eigenvalue weighted by atomic mass is 28.2. The molecule has 0 nitrogen and oxygen atoms in total. The van der Waals surface area contributed by atoms with Crippen LogP contribution in [0.2, 0.25) is 13.1 Å². The van der Waals surface area contributed by atoms with Gasteiger partial charge in [0, 0.05) is 19.6 Å². The molecule has 1 aliphatic carbocycles. The summed E-state index contributed by atoms with van der Waals surface area (Å²) < 4.78 is 0. The first kappa shape index (κ1) is 9.77. The first-order valence-corrected chi connectivity index (χ1v) is 6.63. The van der Waals surface area contributed by atoms with Gasteiger partial charge >= 0.3 is 0 Å². The van der Waals surface area contributed by atoms with Crippen LogP contribution in [0.15, 0.2) is 23.3 Å². The van der Waals surface area contributed by atoms with Gasteiger partial charge in [0.1, 0.15) is 0 Å². The lowest BCUT2D eigenvalue weighted by atomic mass is 9.98. The predicted molar refractivity (Wildman–Crippen MR) is 57.5 cm³/mol. The second-order valence-corrected chi connectivity index (χ2v) is 5.73. The number of rotatable bonds is 0. The Morgan fingerprint density at radius 2 is 2.00 bits per heavy atom. The van der Waals surface area contributed by atoms with Gasteiger partial charge in [-0.2, -0.15) is 0 Å². The molecule has 1 aliphatic rings.